The topological polar surface area (TPSA) is 66.3 Å². The van der Waals surface area contributed by atoms with Gasteiger partial charge < -0.3 is 10.0 Å². The number of carboxylic acid groups (broad SMARTS) is 1. The summed E-state index contributed by atoms with van der Waals surface area (Å²) < 4.78 is 0. The summed E-state index contributed by atoms with van der Waals surface area (Å²) in [6.45, 7) is 4.28. The van der Waals surface area contributed by atoms with E-state index >= 15 is 0 Å². The standard InChI is InChI=1S/C15H21N3O2/c1-10-4-6-18(7-5-10)15-16-9-12-3-2-11(14(19)20)8-13(12)17-15/h9-11H,2-8H2,1H3,(H,19,20)/t11-/m1/s1. The van der Waals surface area contributed by atoms with Crippen LogP contribution in [0.15, 0.2) is 6.20 Å². The lowest BCUT2D eigenvalue weighted by atomic mass is 9.88. The first kappa shape index (κ1) is 13.3. The fourth-order valence-corrected chi connectivity index (χ4v) is 3.05. The predicted molar refractivity (Wildman–Crippen MR) is 75.8 cm³/mol. The number of anilines is 1. The molecule has 1 atom stereocenters. The van der Waals surface area contributed by atoms with E-state index in [2.05, 4.69) is 21.8 Å². The Morgan fingerprint density at radius 2 is 2.10 bits per heavy atom. The van der Waals surface area contributed by atoms with Crippen molar-refractivity contribution in [3.05, 3.63) is 17.5 Å². The van der Waals surface area contributed by atoms with E-state index in [1.807, 2.05) is 6.20 Å². The number of aromatic nitrogens is 2. The van der Waals surface area contributed by atoms with E-state index in [0.29, 0.717) is 12.8 Å². The van der Waals surface area contributed by atoms with Gasteiger partial charge in [-0.1, -0.05) is 6.92 Å². The van der Waals surface area contributed by atoms with Crippen LogP contribution in [0.3, 0.4) is 0 Å². The summed E-state index contributed by atoms with van der Waals surface area (Å²) in [7, 11) is 0. The molecule has 1 fully saturated rings. The summed E-state index contributed by atoms with van der Waals surface area (Å²) >= 11 is 0. The van der Waals surface area contributed by atoms with E-state index < -0.39 is 5.97 Å². The smallest absolute Gasteiger partial charge is 0.306 e. The molecule has 1 saturated heterocycles. The van der Waals surface area contributed by atoms with Crippen LogP contribution in [0.4, 0.5) is 5.95 Å². The van der Waals surface area contributed by atoms with Crippen molar-refractivity contribution in [2.24, 2.45) is 11.8 Å². The third kappa shape index (κ3) is 2.62. The Bertz CT molecular complexity index is 510. The van der Waals surface area contributed by atoms with Gasteiger partial charge in [-0.15, -0.1) is 0 Å². The highest BCUT2D eigenvalue weighted by molar-refractivity contribution is 5.70. The highest BCUT2D eigenvalue weighted by Crippen LogP contribution is 2.26. The molecule has 2 aliphatic rings. The average molecular weight is 275 g/mol. The lowest BCUT2D eigenvalue weighted by molar-refractivity contribution is -0.142. The van der Waals surface area contributed by atoms with Gasteiger partial charge in [0.05, 0.1) is 5.92 Å². The normalized spacial score (nSPS) is 23.4. The minimum Gasteiger partial charge on any atom is -0.481 e. The zero-order valence-corrected chi connectivity index (χ0v) is 11.9. The molecule has 5 heteroatoms. The van der Waals surface area contributed by atoms with Crippen LogP contribution in [0.1, 0.15) is 37.4 Å². The third-order valence-corrected chi connectivity index (χ3v) is 4.56. The first-order valence-corrected chi connectivity index (χ1v) is 7.46. The van der Waals surface area contributed by atoms with Crippen molar-refractivity contribution in [2.75, 3.05) is 18.0 Å². The van der Waals surface area contributed by atoms with E-state index in [1.165, 1.54) is 12.8 Å². The molecule has 20 heavy (non-hydrogen) atoms. The van der Waals surface area contributed by atoms with Crippen LogP contribution in [0.25, 0.3) is 0 Å². The third-order valence-electron chi connectivity index (χ3n) is 4.56. The second-order valence-electron chi connectivity index (χ2n) is 6.09. The van der Waals surface area contributed by atoms with Crippen LogP contribution in [0.2, 0.25) is 0 Å². The minimum absolute atomic E-state index is 0.286. The molecular weight excluding hydrogens is 254 g/mol. The number of aliphatic carboxylic acids is 1. The van der Waals surface area contributed by atoms with Gasteiger partial charge >= 0.3 is 5.97 Å². The van der Waals surface area contributed by atoms with E-state index in [1.54, 1.807) is 0 Å². The number of hydrogen-bond donors (Lipinski definition) is 1. The van der Waals surface area contributed by atoms with E-state index in [-0.39, 0.29) is 5.92 Å². The van der Waals surface area contributed by atoms with Gasteiger partial charge in [0.1, 0.15) is 0 Å². The molecule has 2 heterocycles. The van der Waals surface area contributed by atoms with E-state index in [9.17, 15) is 4.79 Å². The Morgan fingerprint density at radius 1 is 1.35 bits per heavy atom. The van der Waals surface area contributed by atoms with Gasteiger partial charge in [0.25, 0.3) is 0 Å². The van der Waals surface area contributed by atoms with Crippen molar-refractivity contribution in [3.63, 3.8) is 0 Å². The highest BCUT2D eigenvalue weighted by atomic mass is 16.4. The molecule has 1 aliphatic carbocycles. The van der Waals surface area contributed by atoms with Crippen molar-refractivity contribution in [1.29, 1.82) is 0 Å². The maximum atomic E-state index is 11.1. The molecule has 0 bridgehead atoms. The molecular formula is C15H21N3O2. The first-order valence-electron chi connectivity index (χ1n) is 7.46. The number of carbonyl (C=O) groups is 1. The van der Waals surface area contributed by atoms with E-state index in [4.69, 9.17) is 5.11 Å². The van der Waals surface area contributed by atoms with E-state index in [0.717, 1.165) is 42.6 Å². The Labute approximate surface area is 119 Å². The number of aryl methyl sites for hydroxylation is 1. The average Bonchev–Trinajstić information content (AvgIpc) is 2.47. The van der Waals surface area contributed by atoms with Crippen molar-refractivity contribution >= 4 is 11.9 Å². The maximum Gasteiger partial charge on any atom is 0.306 e. The summed E-state index contributed by atoms with van der Waals surface area (Å²) in [5, 5.41) is 9.16. The number of nitrogens with zero attached hydrogens (tertiary/aromatic N) is 3. The van der Waals surface area contributed by atoms with Gasteiger partial charge in [-0.25, -0.2) is 9.97 Å². The molecule has 1 aromatic heterocycles. The van der Waals surface area contributed by atoms with Crippen LogP contribution in [0, 0.1) is 11.8 Å². The first-order chi connectivity index (χ1) is 9.63. The van der Waals surface area contributed by atoms with Crippen LogP contribution >= 0.6 is 0 Å². The summed E-state index contributed by atoms with van der Waals surface area (Å²) in [4.78, 5) is 22.5. The van der Waals surface area contributed by atoms with Crippen molar-refractivity contribution in [2.45, 2.75) is 39.0 Å². The molecule has 1 aliphatic heterocycles. The monoisotopic (exact) mass is 275 g/mol. The van der Waals surface area contributed by atoms with Crippen LogP contribution in [-0.4, -0.2) is 34.1 Å². The molecule has 5 nitrogen and oxygen atoms in total. The molecule has 0 amide bonds. The van der Waals surface area contributed by atoms with Crippen molar-refractivity contribution in [1.82, 2.24) is 9.97 Å². The predicted octanol–water partition coefficient (Wildman–Crippen LogP) is 1.90. The number of fused-ring (bicyclic) bond motifs is 1. The second-order valence-corrected chi connectivity index (χ2v) is 6.09. The summed E-state index contributed by atoms with van der Waals surface area (Å²) in [6, 6.07) is 0. The Kier molecular flexibility index (Phi) is 3.59. The second kappa shape index (κ2) is 5.38. The zero-order chi connectivity index (χ0) is 14.1. The summed E-state index contributed by atoms with van der Waals surface area (Å²) in [6.07, 6.45) is 6.28. The van der Waals surface area contributed by atoms with Gasteiger partial charge in [-0.2, -0.15) is 0 Å². The highest BCUT2D eigenvalue weighted by Gasteiger charge is 2.27. The van der Waals surface area contributed by atoms with Crippen LogP contribution in [0.5, 0.6) is 0 Å². The van der Waals surface area contributed by atoms with Crippen LogP contribution < -0.4 is 4.90 Å². The van der Waals surface area contributed by atoms with Crippen molar-refractivity contribution in [3.8, 4) is 0 Å². The molecule has 3 rings (SSSR count). The molecule has 0 aromatic carbocycles. The fourth-order valence-electron chi connectivity index (χ4n) is 3.05. The van der Waals surface area contributed by atoms with Gasteiger partial charge in [0.2, 0.25) is 5.95 Å². The molecule has 0 spiro atoms. The fraction of sp³-hybridized carbons (Fsp3) is 0.667. The molecule has 1 N–H and O–H groups in total. The molecule has 0 radical (unpaired) electrons. The number of carboxylic acids is 1. The lowest BCUT2D eigenvalue weighted by Gasteiger charge is -2.31. The summed E-state index contributed by atoms with van der Waals surface area (Å²) in [5.41, 5.74) is 2.06. The molecule has 108 valence electrons. The Morgan fingerprint density at radius 3 is 2.80 bits per heavy atom. The SMILES string of the molecule is CC1CCN(c2ncc3c(n2)C[C@H](C(=O)O)CC3)CC1. The quantitative estimate of drug-likeness (QED) is 0.893. The van der Waals surface area contributed by atoms with Gasteiger partial charge in [0.15, 0.2) is 0 Å². The lowest BCUT2D eigenvalue weighted by Crippen LogP contribution is -2.34. The number of hydrogen-bond acceptors (Lipinski definition) is 4. The molecule has 0 saturated carbocycles. The molecule has 1 aromatic rings. The Hall–Kier alpha value is -1.65. The largest absolute Gasteiger partial charge is 0.481 e. The number of rotatable bonds is 2. The maximum absolute atomic E-state index is 11.1. The molecule has 0 unspecified atom stereocenters. The van der Waals surface area contributed by atoms with Crippen LogP contribution in [-0.2, 0) is 17.6 Å². The minimum atomic E-state index is -0.706. The van der Waals surface area contributed by atoms with Gasteiger partial charge in [0, 0.05) is 31.4 Å². The Balaban J connectivity index is 1.78. The summed E-state index contributed by atoms with van der Waals surface area (Å²) in [5.74, 6) is 0.566. The number of piperidine rings is 1. The van der Waals surface area contributed by atoms with Crippen molar-refractivity contribution < 1.29 is 9.90 Å². The zero-order valence-electron chi connectivity index (χ0n) is 11.9. The van der Waals surface area contributed by atoms with Gasteiger partial charge in [-0.3, -0.25) is 4.79 Å². The van der Waals surface area contributed by atoms with Gasteiger partial charge in [-0.05, 0) is 37.2 Å².